The number of aryl methyl sites for hydroxylation is 2. The first-order valence-electron chi connectivity index (χ1n) is 10.9. The van der Waals surface area contributed by atoms with Gasteiger partial charge in [0.2, 0.25) is 0 Å². The van der Waals surface area contributed by atoms with Crippen LogP contribution in [0.3, 0.4) is 0 Å². The lowest BCUT2D eigenvalue weighted by Crippen LogP contribution is -2.29. The predicted molar refractivity (Wildman–Crippen MR) is 124 cm³/mol. The van der Waals surface area contributed by atoms with E-state index < -0.39 is 5.97 Å². The Morgan fingerprint density at radius 2 is 1.81 bits per heavy atom. The van der Waals surface area contributed by atoms with Crippen molar-refractivity contribution in [3.63, 3.8) is 0 Å². The van der Waals surface area contributed by atoms with Crippen LogP contribution in [-0.4, -0.2) is 17.6 Å². The molecule has 32 heavy (non-hydrogen) atoms. The van der Waals surface area contributed by atoms with Crippen molar-refractivity contribution >= 4 is 11.7 Å². The minimum atomic E-state index is -0.784. The molecule has 0 saturated heterocycles. The zero-order chi connectivity index (χ0) is 22.3. The molecule has 0 radical (unpaired) electrons. The monoisotopic (exact) mass is 426 g/mol. The van der Waals surface area contributed by atoms with E-state index in [1.807, 2.05) is 60.7 Å². The van der Waals surface area contributed by atoms with Gasteiger partial charge in [0.15, 0.2) is 0 Å². The summed E-state index contributed by atoms with van der Waals surface area (Å²) in [6, 6.07) is 24.2. The normalized spacial score (nSPS) is 12.7. The van der Waals surface area contributed by atoms with Gasteiger partial charge in [-0.05, 0) is 53.6 Å². The van der Waals surface area contributed by atoms with Crippen molar-refractivity contribution in [1.82, 2.24) is 0 Å². The lowest BCUT2D eigenvalue weighted by atomic mass is 9.99. The van der Waals surface area contributed by atoms with Gasteiger partial charge in [-0.1, -0.05) is 54.6 Å². The number of ether oxygens (including phenoxy) is 1. The van der Waals surface area contributed by atoms with E-state index in [0.29, 0.717) is 25.1 Å². The van der Waals surface area contributed by atoms with Crippen LogP contribution in [0.15, 0.2) is 66.7 Å². The lowest BCUT2D eigenvalue weighted by Gasteiger charge is -2.33. The van der Waals surface area contributed by atoms with Crippen LogP contribution in [0.1, 0.15) is 40.7 Å². The number of hydrogen-bond acceptors (Lipinski definition) is 4. The fourth-order valence-corrected chi connectivity index (χ4v) is 4.16. The number of nitrogens with zero attached hydrogens (tertiary/aromatic N) is 2. The van der Waals surface area contributed by atoms with Gasteiger partial charge in [0.25, 0.3) is 0 Å². The van der Waals surface area contributed by atoms with E-state index >= 15 is 0 Å². The number of aliphatic carboxylic acids is 1. The van der Waals surface area contributed by atoms with Gasteiger partial charge in [0, 0.05) is 19.5 Å². The third kappa shape index (κ3) is 5.09. The zero-order valence-electron chi connectivity index (χ0n) is 18.0. The molecule has 0 unspecified atom stereocenters. The van der Waals surface area contributed by atoms with Crippen molar-refractivity contribution in [3.05, 3.63) is 94.5 Å². The molecule has 0 amide bonds. The summed E-state index contributed by atoms with van der Waals surface area (Å²) in [6.07, 6.45) is 2.75. The zero-order valence-corrected chi connectivity index (χ0v) is 18.0. The second kappa shape index (κ2) is 10.0. The maximum absolute atomic E-state index is 10.8. The van der Waals surface area contributed by atoms with Gasteiger partial charge < -0.3 is 14.7 Å². The Kier molecular flexibility index (Phi) is 6.72. The molecule has 1 aliphatic heterocycles. The molecule has 0 fully saturated rings. The first-order chi connectivity index (χ1) is 15.6. The second-order valence-electron chi connectivity index (χ2n) is 8.06. The minimum Gasteiger partial charge on any atom is -0.487 e. The SMILES string of the molecule is N#Cc1ccccc1CN1CCCc2cccc(OCc3ccc(CCC(=O)O)cc3)c21. The second-order valence-corrected chi connectivity index (χ2v) is 8.06. The summed E-state index contributed by atoms with van der Waals surface area (Å²) in [5.41, 5.74) is 6.17. The maximum atomic E-state index is 10.8. The quantitative estimate of drug-likeness (QED) is 0.542. The van der Waals surface area contributed by atoms with Crippen molar-refractivity contribution in [2.45, 2.75) is 38.8 Å². The molecule has 3 aromatic carbocycles. The summed E-state index contributed by atoms with van der Waals surface area (Å²) in [7, 11) is 0. The summed E-state index contributed by atoms with van der Waals surface area (Å²) < 4.78 is 6.25. The number of fused-ring (bicyclic) bond motifs is 1. The summed E-state index contributed by atoms with van der Waals surface area (Å²) in [5.74, 6) is 0.0693. The highest BCUT2D eigenvalue weighted by molar-refractivity contribution is 5.67. The number of rotatable bonds is 8. The first-order valence-corrected chi connectivity index (χ1v) is 10.9. The number of hydrogen-bond donors (Lipinski definition) is 1. The van der Waals surface area contributed by atoms with Gasteiger partial charge >= 0.3 is 5.97 Å². The van der Waals surface area contributed by atoms with Crippen molar-refractivity contribution in [2.24, 2.45) is 0 Å². The van der Waals surface area contributed by atoms with Gasteiger partial charge in [-0.15, -0.1) is 0 Å². The molecule has 3 aromatic rings. The van der Waals surface area contributed by atoms with Gasteiger partial charge in [-0.3, -0.25) is 4.79 Å². The van der Waals surface area contributed by atoms with Crippen LogP contribution in [0, 0.1) is 11.3 Å². The van der Waals surface area contributed by atoms with Gasteiger partial charge in [0.05, 0.1) is 17.3 Å². The summed E-state index contributed by atoms with van der Waals surface area (Å²) in [6.45, 7) is 2.04. The number of carbonyl (C=O) groups is 1. The fraction of sp³-hybridized carbons (Fsp3) is 0.259. The Morgan fingerprint density at radius 3 is 2.59 bits per heavy atom. The summed E-state index contributed by atoms with van der Waals surface area (Å²) >= 11 is 0. The van der Waals surface area contributed by atoms with E-state index in [2.05, 4.69) is 17.0 Å². The number of carboxylic acids is 1. The van der Waals surface area contributed by atoms with E-state index in [4.69, 9.17) is 9.84 Å². The largest absolute Gasteiger partial charge is 0.487 e. The molecule has 0 bridgehead atoms. The molecule has 5 heteroatoms. The van der Waals surface area contributed by atoms with Crippen molar-refractivity contribution in [2.75, 3.05) is 11.4 Å². The van der Waals surface area contributed by atoms with Gasteiger partial charge in [-0.25, -0.2) is 0 Å². The highest BCUT2D eigenvalue weighted by atomic mass is 16.5. The molecule has 4 rings (SSSR count). The number of benzene rings is 3. The average Bonchev–Trinajstić information content (AvgIpc) is 2.82. The number of carboxylic acid groups (broad SMARTS) is 1. The molecular formula is C27H26N2O3. The molecule has 0 aromatic heterocycles. The fourth-order valence-electron chi connectivity index (χ4n) is 4.16. The average molecular weight is 427 g/mol. The Labute approximate surface area is 188 Å². The van der Waals surface area contributed by atoms with E-state index in [0.717, 1.165) is 47.5 Å². The van der Waals surface area contributed by atoms with E-state index in [9.17, 15) is 10.1 Å². The lowest BCUT2D eigenvalue weighted by molar-refractivity contribution is -0.136. The molecule has 1 aliphatic rings. The van der Waals surface area contributed by atoms with Crippen molar-refractivity contribution < 1.29 is 14.6 Å². The smallest absolute Gasteiger partial charge is 0.303 e. The number of anilines is 1. The topological polar surface area (TPSA) is 73.6 Å². The van der Waals surface area contributed by atoms with E-state index in [1.165, 1.54) is 5.56 Å². The van der Waals surface area contributed by atoms with Crippen LogP contribution >= 0.6 is 0 Å². The maximum Gasteiger partial charge on any atom is 0.303 e. The molecule has 1 heterocycles. The highest BCUT2D eigenvalue weighted by Gasteiger charge is 2.22. The Bertz CT molecular complexity index is 1130. The van der Waals surface area contributed by atoms with E-state index in [-0.39, 0.29) is 6.42 Å². The van der Waals surface area contributed by atoms with Crippen LogP contribution in [0.5, 0.6) is 5.75 Å². The third-order valence-electron chi connectivity index (χ3n) is 5.82. The molecule has 0 atom stereocenters. The molecule has 0 spiro atoms. The Balaban J connectivity index is 1.50. The first kappa shape index (κ1) is 21.5. The third-order valence-corrected chi connectivity index (χ3v) is 5.82. The molecule has 1 N–H and O–H groups in total. The number of para-hydroxylation sites is 1. The molecule has 0 saturated carbocycles. The summed E-state index contributed by atoms with van der Waals surface area (Å²) in [5, 5.41) is 18.3. The number of nitriles is 1. The van der Waals surface area contributed by atoms with Crippen LogP contribution in [0.4, 0.5) is 5.69 Å². The molecule has 5 nitrogen and oxygen atoms in total. The minimum absolute atomic E-state index is 0.136. The molecule has 0 aliphatic carbocycles. The van der Waals surface area contributed by atoms with Crippen molar-refractivity contribution in [1.29, 1.82) is 5.26 Å². The molecule has 162 valence electrons. The van der Waals surface area contributed by atoms with Crippen molar-refractivity contribution in [3.8, 4) is 11.8 Å². The molecular weight excluding hydrogens is 400 g/mol. The van der Waals surface area contributed by atoms with Crippen LogP contribution < -0.4 is 9.64 Å². The van der Waals surface area contributed by atoms with Gasteiger partial charge in [-0.2, -0.15) is 5.26 Å². The predicted octanol–water partition coefficient (Wildman–Crippen LogP) is 5.11. The standard InChI is InChI=1S/C27H26N2O3/c28-17-23-5-1-2-6-24(23)18-29-16-4-8-22-7-3-9-25(27(22)29)32-19-21-12-10-20(11-13-21)14-15-26(30)31/h1-3,5-7,9-13H,4,8,14-16,18-19H2,(H,30,31). The van der Waals surface area contributed by atoms with E-state index in [1.54, 1.807) is 0 Å². The Morgan fingerprint density at radius 1 is 1.03 bits per heavy atom. The Hall–Kier alpha value is -3.78. The summed E-state index contributed by atoms with van der Waals surface area (Å²) in [4.78, 5) is 13.1. The van der Waals surface area contributed by atoms with Crippen LogP contribution in [-0.2, 0) is 30.8 Å². The highest BCUT2D eigenvalue weighted by Crippen LogP contribution is 2.37. The van der Waals surface area contributed by atoms with Crippen LogP contribution in [0.25, 0.3) is 0 Å². The van der Waals surface area contributed by atoms with Crippen LogP contribution in [0.2, 0.25) is 0 Å². The van der Waals surface area contributed by atoms with Gasteiger partial charge in [0.1, 0.15) is 12.4 Å².